The molecule has 1 amide bonds. The van der Waals surface area contributed by atoms with E-state index in [2.05, 4.69) is 17.5 Å². The molecule has 1 N–H and O–H groups in total. The molecule has 0 saturated carbocycles. The van der Waals surface area contributed by atoms with Crippen LogP contribution in [-0.2, 0) is 4.79 Å². The minimum atomic E-state index is 0.286. The van der Waals surface area contributed by atoms with Crippen LogP contribution in [0, 0.1) is 0 Å². The molecular formula is C13H22N2O. The summed E-state index contributed by atoms with van der Waals surface area (Å²) in [6.07, 6.45) is 11.4. The predicted molar refractivity (Wildman–Crippen MR) is 65.2 cm³/mol. The molecule has 90 valence electrons. The Kier molecular flexibility index (Phi) is 4.40. The van der Waals surface area contributed by atoms with E-state index in [0.29, 0.717) is 12.6 Å². The molecule has 0 unspecified atom stereocenters. The van der Waals surface area contributed by atoms with E-state index in [4.69, 9.17) is 0 Å². The van der Waals surface area contributed by atoms with Crippen molar-refractivity contribution in [2.45, 2.75) is 44.6 Å². The molecule has 0 bridgehead atoms. The normalized spacial score (nSPS) is 22.4. The molecule has 0 aromatic carbocycles. The lowest BCUT2D eigenvalue weighted by Crippen LogP contribution is -2.41. The summed E-state index contributed by atoms with van der Waals surface area (Å²) in [5, 5.41) is 3.35. The van der Waals surface area contributed by atoms with Gasteiger partial charge < -0.3 is 10.2 Å². The van der Waals surface area contributed by atoms with Crippen LogP contribution in [0.1, 0.15) is 38.5 Å². The van der Waals surface area contributed by atoms with Gasteiger partial charge in [-0.2, -0.15) is 0 Å². The highest BCUT2D eigenvalue weighted by atomic mass is 16.2. The summed E-state index contributed by atoms with van der Waals surface area (Å²) in [6, 6.07) is 0.496. The van der Waals surface area contributed by atoms with Crippen LogP contribution in [0.4, 0.5) is 0 Å². The molecule has 1 saturated heterocycles. The van der Waals surface area contributed by atoms with Gasteiger partial charge >= 0.3 is 0 Å². The van der Waals surface area contributed by atoms with Crippen LogP contribution >= 0.6 is 0 Å². The number of likely N-dealkylation sites (tertiary alicyclic amines) is 1. The van der Waals surface area contributed by atoms with Gasteiger partial charge in [0, 0.05) is 19.1 Å². The van der Waals surface area contributed by atoms with Crippen molar-refractivity contribution in [1.82, 2.24) is 10.2 Å². The largest absolute Gasteiger partial charge is 0.342 e. The third-order valence-corrected chi connectivity index (χ3v) is 3.51. The summed E-state index contributed by atoms with van der Waals surface area (Å²) in [6.45, 7) is 2.44. The highest BCUT2D eigenvalue weighted by Gasteiger charge is 2.17. The highest BCUT2D eigenvalue weighted by Crippen LogP contribution is 2.11. The van der Waals surface area contributed by atoms with Crippen LogP contribution < -0.4 is 5.32 Å². The van der Waals surface area contributed by atoms with Gasteiger partial charge in [0.15, 0.2) is 0 Å². The fourth-order valence-electron chi connectivity index (χ4n) is 2.45. The Morgan fingerprint density at radius 3 is 2.38 bits per heavy atom. The number of carbonyl (C=O) groups excluding carboxylic acids is 1. The molecule has 2 aliphatic rings. The van der Waals surface area contributed by atoms with Crippen LogP contribution in [0.2, 0.25) is 0 Å². The second kappa shape index (κ2) is 6.04. The van der Waals surface area contributed by atoms with E-state index in [9.17, 15) is 4.79 Å². The van der Waals surface area contributed by atoms with E-state index in [0.717, 1.165) is 25.9 Å². The summed E-state index contributed by atoms with van der Waals surface area (Å²) in [5.41, 5.74) is 0. The third-order valence-electron chi connectivity index (χ3n) is 3.51. The molecule has 0 spiro atoms. The first-order chi connectivity index (χ1) is 7.86. The minimum Gasteiger partial charge on any atom is -0.342 e. The molecule has 1 heterocycles. The van der Waals surface area contributed by atoms with Gasteiger partial charge in [0.25, 0.3) is 0 Å². The van der Waals surface area contributed by atoms with Crippen molar-refractivity contribution in [2.24, 2.45) is 0 Å². The van der Waals surface area contributed by atoms with Gasteiger partial charge in [-0.15, -0.1) is 0 Å². The van der Waals surface area contributed by atoms with E-state index < -0.39 is 0 Å². The summed E-state index contributed by atoms with van der Waals surface area (Å²) in [7, 11) is 0. The number of rotatable bonds is 3. The molecule has 1 fully saturated rings. The number of nitrogens with one attached hydrogen (secondary N) is 1. The lowest BCUT2D eigenvalue weighted by Gasteiger charge is -2.21. The Hall–Kier alpha value is -0.830. The standard InChI is InChI=1S/C13H22N2O/c16-13(11-14-12-7-3-4-8-12)15-9-5-1-2-6-10-15/h3-4,12,14H,1-2,5-11H2. The number of hydrogen-bond donors (Lipinski definition) is 1. The Morgan fingerprint density at radius 1 is 1.12 bits per heavy atom. The Balaban J connectivity index is 1.69. The number of carbonyl (C=O) groups is 1. The summed E-state index contributed by atoms with van der Waals surface area (Å²) in [5.74, 6) is 0.286. The van der Waals surface area contributed by atoms with E-state index in [1.807, 2.05) is 4.90 Å². The molecule has 3 heteroatoms. The number of nitrogens with zero attached hydrogens (tertiary/aromatic N) is 1. The summed E-state index contributed by atoms with van der Waals surface area (Å²) >= 11 is 0. The van der Waals surface area contributed by atoms with Gasteiger partial charge in [-0.3, -0.25) is 4.79 Å². The molecule has 0 atom stereocenters. The van der Waals surface area contributed by atoms with Gasteiger partial charge in [0.05, 0.1) is 6.54 Å². The zero-order valence-electron chi connectivity index (χ0n) is 9.95. The van der Waals surface area contributed by atoms with Crippen molar-refractivity contribution >= 4 is 5.91 Å². The van der Waals surface area contributed by atoms with Gasteiger partial charge in [-0.05, 0) is 25.7 Å². The average Bonchev–Trinajstić information content (AvgIpc) is 2.66. The maximum absolute atomic E-state index is 12.0. The molecule has 1 aliphatic heterocycles. The Bertz CT molecular complexity index is 247. The zero-order valence-corrected chi connectivity index (χ0v) is 9.95. The minimum absolute atomic E-state index is 0.286. The monoisotopic (exact) mass is 222 g/mol. The van der Waals surface area contributed by atoms with Crippen LogP contribution in [0.3, 0.4) is 0 Å². The fourth-order valence-corrected chi connectivity index (χ4v) is 2.45. The number of hydrogen-bond acceptors (Lipinski definition) is 2. The van der Waals surface area contributed by atoms with E-state index in [-0.39, 0.29) is 5.91 Å². The van der Waals surface area contributed by atoms with Crippen molar-refractivity contribution in [3.05, 3.63) is 12.2 Å². The maximum Gasteiger partial charge on any atom is 0.236 e. The molecular weight excluding hydrogens is 200 g/mol. The zero-order chi connectivity index (χ0) is 11.2. The van der Waals surface area contributed by atoms with Gasteiger partial charge in [-0.1, -0.05) is 25.0 Å². The molecule has 0 aromatic rings. The smallest absolute Gasteiger partial charge is 0.236 e. The summed E-state index contributed by atoms with van der Waals surface area (Å²) in [4.78, 5) is 14.0. The number of amides is 1. The van der Waals surface area contributed by atoms with E-state index in [1.54, 1.807) is 0 Å². The third kappa shape index (κ3) is 3.34. The van der Waals surface area contributed by atoms with Crippen molar-refractivity contribution in [3.63, 3.8) is 0 Å². The predicted octanol–water partition coefficient (Wildman–Crippen LogP) is 1.70. The van der Waals surface area contributed by atoms with Crippen LogP contribution in [0.15, 0.2) is 12.2 Å². The van der Waals surface area contributed by atoms with Crippen molar-refractivity contribution in [2.75, 3.05) is 19.6 Å². The van der Waals surface area contributed by atoms with Crippen LogP contribution in [-0.4, -0.2) is 36.5 Å². The van der Waals surface area contributed by atoms with Crippen LogP contribution in [0.5, 0.6) is 0 Å². The highest BCUT2D eigenvalue weighted by molar-refractivity contribution is 5.78. The molecule has 0 aromatic heterocycles. The Labute approximate surface area is 97.9 Å². The first-order valence-corrected chi connectivity index (χ1v) is 6.52. The lowest BCUT2D eigenvalue weighted by atomic mass is 10.2. The first kappa shape index (κ1) is 11.6. The summed E-state index contributed by atoms with van der Waals surface area (Å²) < 4.78 is 0. The van der Waals surface area contributed by atoms with Gasteiger partial charge in [0.1, 0.15) is 0 Å². The molecule has 3 nitrogen and oxygen atoms in total. The Morgan fingerprint density at radius 2 is 1.75 bits per heavy atom. The van der Waals surface area contributed by atoms with Gasteiger partial charge in [0.2, 0.25) is 5.91 Å². The van der Waals surface area contributed by atoms with Gasteiger partial charge in [-0.25, -0.2) is 0 Å². The first-order valence-electron chi connectivity index (χ1n) is 6.52. The van der Waals surface area contributed by atoms with Crippen molar-refractivity contribution in [1.29, 1.82) is 0 Å². The second-order valence-electron chi connectivity index (χ2n) is 4.82. The fraction of sp³-hybridized carbons (Fsp3) is 0.769. The topological polar surface area (TPSA) is 32.3 Å². The quantitative estimate of drug-likeness (QED) is 0.737. The van der Waals surface area contributed by atoms with Crippen LogP contribution in [0.25, 0.3) is 0 Å². The van der Waals surface area contributed by atoms with Crippen molar-refractivity contribution < 1.29 is 4.79 Å². The van der Waals surface area contributed by atoms with E-state index >= 15 is 0 Å². The average molecular weight is 222 g/mol. The molecule has 2 rings (SSSR count). The molecule has 1 aliphatic carbocycles. The van der Waals surface area contributed by atoms with E-state index in [1.165, 1.54) is 25.7 Å². The lowest BCUT2D eigenvalue weighted by molar-refractivity contribution is -0.130. The molecule has 0 radical (unpaired) electrons. The SMILES string of the molecule is O=C(CNC1CC=CC1)N1CCCCCC1. The second-order valence-corrected chi connectivity index (χ2v) is 4.82. The maximum atomic E-state index is 12.0. The van der Waals surface area contributed by atoms with Crippen molar-refractivity contribution in [3.8, 4) is 0 Å². The molecule has 16 heavy (non-hydrogen) atoms.